The summed E-state index contributed by atoms with van der Waals surface area (Å²) in [5, 5.41) is 13.6. The fourth-order valence-corrected chi connectivity index (χ4v) is 2.63. The predicted molar refractivity (Wildman–Crippen MR) is 88.0 cm³/mol. The third kappa shape index (κ3) is 4.56. The van der Waals surface area contributed by atoms with E-state index < -0.39 is 28.8 Å². The van der Waals surface area contributed by atoms with Gasteiger partial charge in [0.25, 0.3) is 5.69 Å². The molecule has 1 N–H and O–H groups in total. The van der Waals surface area contributed by atoms with Gasteiger partial charge in [0.15, 0.2) is 0 Å². The van der Waals surface area contributed by atoms with Crippen molar-refractivity contribution in [3.63, 3.8) is 0 Å². The van der Waals surface area contributed by atoms with Gasteiger partial charge in [-0.15, -0.1) is 0 Å². The number of carbonyl (C=O) groups is 1. The number of amides is 1. The Morgan fingerprint density at radius 3 is 2.67 bits per heavy atom. The van der Waals surface area contributed by atoms with Crippen LogP contribution in [0.5, 0.6) is 0 Å². The molecule has 0 bridgehead atoms. The highest BCUT2D eigenvalue weighted by Crippen LogP contribution is 2.30. The van der Waals surface area contributed by atoms with Crippen molar-refractivity contribution in [1.82, 2.24) is 5.32 Å². The number of ether oxygens (including phenoxy) is 1. The number of halogens is 1. The van der Waals surface area contributed by atoms with Gasteiger partial charge in [0.1, 0.15) is 17.5 Å². The molecule has 2 rings (SSSR count). The lowest BCUT2D eigenvalue weighted by Gasteiger charge is -2.36. The Labute approximate surface area is 139 Å². The molecule has 2 unspecified atom stereocenters. The van der Waals surface area contributed by atoms with Gasteiger partial charge < -0.3 is 15.0 Å². The molecule has 1 aliphatic rings. The average molecular weight is 339 g/mol. The number of nitrogens with one attached hydrogen (secondary N) is 1. The SMILES string of the molecule is CC(C)(C)OC(=O)NC1CCN(c2ccccc2[N+](=O)[O-])CC1F. The molecule has 1 heterocycles. The molecular formula is C16H22FN3O4. The molecule has 0 radical (unpaired) electrons. The topological polar surface area (TPSA) is 84.7 Å². The van der Waals surface area contributed by atoms with Crippen LogP contribution in [-0.4, -0.2) is 41.9 Å². The predicted octanol–water partition coefficient (Wildman–Crippen LogP) is 3.04. The Balaban J connectivity index is 2.01. The largest absolute Gasteiger partial charge is 0.444 e. The quantitative estimate of drug-likeness (QED) is 0.676. The highest BCUT2D eigenvalue weighted by molar-refractivity contribution is 5.68. The molecule has 1 aromatic carbocycles. The van der Waals surface area contributed by atoms with Crippen LogP contribution >= 0.6 is 0 Å². The number of benzene rings is 1. The molecule has 8 heteroatoms. The van der Waals surface area contributed by atoms with E-state index in [1.54, 1.807) is 43.9 Å². The maximum absolute atomic E-state index is 14.4. The molecular weight excluding hydrogens is 317 g/mol. The Hall–Kier alpha value is -2.38. The van der Waals surface area contributed by atoms with Crippen LogP contribution in [-0.2, 0) is 4.74 Å². The van der Waals surface area contributed by atoms with Crippen LogP contribution < -0.4 is 10.2 Å². The van der Waals surface area contributed by atoms with Gasteiger partial charge in [-0.2, -0.15) is 0 Å². The van der Waals surface area contributed by atoms with Crippen molar-refractivity contribution in [3.8, 4) is 0 Å². The minimum Gasteiger partial charge on any atom is -0.444 e. The number of para-hydroxylation sites is 2. The summed E-state index contributed by atoms with van der Waals surface area (Å²) in [6.07, 6.45) is -1.66. The van der Waals surface area contributed by atoms with Crippen molar-refractivity contribution in [2.75, 3.05) is 18.0 Å². The minimum absolute atomic E-state index is 0.0225. The van der Waals surface area contributed by atoms with Crippen molar-refractivity contribution < 1.29 is 18.8 Å². The lowest BCUT2D eigenvalue weighted by atomic mass is 10.0. The van der Waals surface area contributed by atoms with Crippen LogP contribution in [0.15, 0.2) is 24.3 Å². The first-order valence-corrected chi connectivity index (χ1v) is 7.79. The molecule has 0 saturated carbocycles. The van der Waals surface area contributed by atoms with Crippen LogP contribution in [0.2, 0.25) is 0 Å². The highest BCUT2D eigenvalue weighted by atomic mass is 19.1. The second-order valence-corrected chi connectivity index (χ2v) is 6.75. The number of alkyl carbamates (subject to hydrolysis) is 1. The molecule has 1 amide bonds. The summed E-state index contributed by atoms with van der Waals surface area (Å²) in [5.41, 5.74) is -0.314. The van der Waals surface area contributed by atoms with E-state index in [-0.39, 0.29) is 12.2 Å². The van der Waals surface area contributed by atoms with Crippen molar-refractivity contribution >= 4 is 17.5 Å². The van der Waals surface area contributed by atoms with Gasteiger partial charge in [-0.25, -0.2) is 9.18 Å². The molecule has 0 aromatic heterocycles. The number of nitro benzene ring substituents is 1. The third-order valence-corrected chi connectivity index (χ3v) is 3.66. The van der Waals surface area contributed by atoms with Gasteiger partial charge in [-0.05, 0) is 33.3 Å². The fourth-order valence-electron chi connectivity index (χ4n) is 2.63. The van der Waals surface area contributed by atoms with E-state index in [9.17, 15) is 19.3 Å². The normalized spacial score (nSPS) is 21.2. The van der Waals surface area contributed by atoms with Crippen molar-refractivity contribution in [3.05, 3.63) is 34.4 Å². The van der Waals surface area contributed by atoms with Gasteiger partial charge in [-0.3, -0.25) is 10.1 Å². The summed E-state index contributed by atoms with van der Waals surface area (Å²) in [6, 6.07) is 5.59. The first-order valence-electron chi connectivity index (χ1n) is 7.79. The molecule has 1 saturated heterocycles. The zero-order valence-corrected chi connectivity index (χ0v) is 14.0. The Morgan fingerprint density at radius 1 is 1.42 bits per heavy atom. The number of nitro groups is 1. The first kappa shape index (κ1) is 18.0. The molecule has 0 spiro atoms. The maximum Gasteiger partial charge on any atom is 0.407 e. The number of hydrogen-bond acceptors (Lipinski definition) is 5. The van der Waals surface area contributed by atoms with E-state index in [1.807, 2.05) is 0 Å². The highest BCUT2D eigenvalue weighted by Gasteiger charge is 2.33. The van der Waals surface area contributed by atoms with Gasteiger partial charge in [0.05, 0.1) is 17.5 Å². The maximum atomic E-state index is 14.4. The number of anilines is 1. The van der Waals surface area contributed by atoms with Crippen molar-refractivity contribution in [2.24, 2.45) is 0 Å². The molecule has 132 valence electrons. The van der Waals surface area contributed by atoms with Crippen molar-refractivity contribution in [1.29, 1.82) is 0 Å². The fraction of sp³-hybridized carbons (Fsp3) is 0.562. The summed E-state index contributed by atoms with van der Waals surface area (Å²) in [7, 11) is 0. The monoisotopic (exact) mass is 339 g/mol. The Bertz CT molecular complexity index is 618. The number of piperidine rings is 1. The second kappa shape index (κ2) is 7.02. The standard InChI is InChI=1S/C16H22FN3O4/c1-16(2,3)24-15(21)18-12-8-9-19(10-11(12)17)13-6-4-5-7-14(13)20(22)23/h4-7,11-12H,8-10H2,1-3H3,(H,18,21). The second-order valence-electron chi connectivity index (χ2n) is 6.75. The summed E-state index contributed by atoms with van der Waals surface area (Å²) in [5.74, 6) is 0. The number of alkyl halides is 1. The molecule has 1 aromatic rings. The van der Waals surface area contributed by atoms with Gasteiger partial charge in [0.2, 0.25) is 0 Å². The molecule has 0 aliphatic carbocycles. The molecule has 1 aliphatic heterocycles. The zero-order chi connectivity index (χ0) is 17.9. The van der Waals surface area contributed by atoms with E-state index in [4.69, 9.17) is 4.74 Å². The molecule has 1 fully saturated rings. The smallest absolute Gasteiger partial charge is 0.407 e. The first-order chi connectivity index (χ1) is 11.2. The van der Waals surface area contributed by atoms with E-state index in [2.05, 4.69) is 5.32 Å². The van der Waals surface area contributed by atoms with Crippen LogP contribution in [0.4, 0.5) is 20.6 Å². The van der Waals surface area contributed by atoms with Crippen LogP contribution in [0.3, 0.4) is 0 Å². The zero-order valence-electron chi connectivity index (χ0n) is 14.0. The van der Waals surface area contributed by atoms with Gasteiger partial charge in [-0.1, -0.05) is 12.1 Å². The number of rotatable bonds is 3. The van der Waals surface area contributed by atoms with Crippen LogP contribution in [0.1, 0.15) is 27.2 Å². The lowest BCUT2D eigenvalue weighted by Crippen LogP contribution is -2.53. The van der Waals surface area contributed by atoms with Crippen LogP contribution in [0, 0.1) is 10.1 Å². The van der Waals surface area contributed by atoms with E-state index in [1.165, 1.54) is 6.07 Å². The summed E-state index contributed by atoms with van der Waals surface area (Å²) < 4.78 is 19.6. The average Bonchev–Trinajstić information content (AvgIpc) is 2.47. The third-order valence-electron chi connectivity index (χ3n) is 3.66. The Kier molecular flexibility index (Phi) is 5.26. The lowest BCUT2D eigenvalue weighted by molar-refractivity contribution is -0.384. The molecule has 24 heavy (non-hydrogen) atoms. The number of hydrogen-bond donors (Lipinski definition) is 1. The van der Waals surface area contributed by atoms with E-state index in [0.29, 0.717) is 18.7 Å². The minimum atomic E-state index is -1.34. The molecule has 7 nitrogen and oxygen atoms in total. The van der Waals surface area contributed by atoms with Crippen LogP contribution in [0.25, 0.3) is 0 Å². The summed E-state index contributed by atoms with van der Waals surface area (Å²) >= 11 is 0. The Morgan fingerprint density at radius 2 is 2.08 bits per heavy atom. The van der Waals surface area contributed by atoms with E-state index >= 15 is 0 Å². The van der Waals surface area contributed by atoms with Gasteiger partial charge in [0, 0.05) is 12.6 Å². The molecule has 2 atom stereocenters. The summed E-state index contributed by atoms with van der Waals surface area (Å²) in [4.78, 5) is 24.0. The summed E-state index contributed by atoms with van der Waals surface area (Å²) in [6.45, 7) is 5.58. The van der Waals surface area contributed by atoms with E-state index in [0.717, 1.165) is 0 Å². The number of nitrogens with zero attached hydrogens (tertiary/aromatic N) is 2. The number of carbonyl (C=O) groups excluding carboxylic acids is 1. The van der Waals surface area contributed by atoms with Crippen molar-refractivity contribution in [2.45, 2.75) is 45.0 Å². The van der Waals surface area contributed by atoms with Gasteiger partial charge >= 0.3 is 6.09 Å².